The molecule has 16 nitrogen and oxygen atoms in total. The van der Waals surface area contributed by atoms with Crippen molar-refractivity contribution in [3.63, 3.8) is 0 Å². The molecule has 0 spiro atoms. The molecule has 16 aromatic carbocycles. The van der Waals surface area contributed by atoms with Crippen molar-refractivity contribution in [2.45, 2.75) is 158 Å². The summed E-state index contributed by atoms with van der Waals surface area (Å²) in [5.41, 5.74) is 10.1. The first-order valence-electron chi connectivity index (χ1n) is 48.2. The Labute approximate surface area is 787 Å². The summed E-state index contributed by atoms with van der Waals surface area (Å²) in [6.45, 7) is 20.1. The zero-order chi connectivity index (χ0) is 93.5. The summed E-state index contributed by atoms with van der Waals surface area (Å²) >= 11 is 0. The summed E-state index contributed by atoms with van der Waals surface area (Å²) in [4.78, 5) is 0. The number of ether oxygens (including phenoxy) is 14. The van der Waals surface area contributed by atoms with E-state index in [4.69, 9.17) is 66.3 Å². The largest absolute Gasteiger partial charge is 0.504 e. The van der Waals surface area contributed by atoms with E-state index in [2.05, 4.69) is 213 Å². The fourth-order valence-corrected chi connectivity index (χ4v) is 19.3. The van der Waals surface area contributed by atoms with Gasteiger partial charge in [0.2, 0.25) is 0 Å². The van der Waals surface area contributed by atoms with Crippen LogP contribution >= 0.6 is 0 Å². The van der Waals surface area contributed by atoms with Gasteiger partial charge in [-0.05, 0) is 150 Å². The van der Waals surface area contributed by atoms with Gasteiger partial charge >= 0.3 is 0 Å². The maximum Gasteiger partial charge on any atom is 0.170 e. The molecule has 0 aliphatic carbocycles. The van der Waals surface area contributed by atoms with Gasteiger partial charge in [0, 0.05) is 77.9 Å². The SMILES string of the molecule is CCCCOc1c(O)cc2ccccc2c1-c1c(OCCCC)c(OC)c(-c2c(OC)c(OCCCC)c(-c3c(OCCCC)c(OC)c(-c4c(OC)c(OCCCC)c(-c5c(OCCCC)c(OC)c(-c6c(OC)c(OCCCC)c(-c7c(OCCCC)c(O)cc8ccccc78)c7ccccc67)c6ccccc56)c5ccccc45)c4ccccc34)c3ccccc23)c2ccccc12. The zero-order valence-corrected chi connectivity index (χ0v) is 80.2. The van der Waals surface area contributed by atoms with Crippen molar-refractivity contribution in [2.75, 3.05) is 95.5 Å². The normalized spacial score (nSPS) is 11.5. The number of aromatic hydroxyl groups is 2. The number of phenolic OH excluding ortho intramolecular Hbond substituents is 2. The number of rotatable bonds is 45. The molecular formula is C118H126O16. The lowest BCUT2D eigenvalue weighted by Gasteiger charge is -2.29. The molecule has 0 aromatic heterocycles. The Morgan fingerprint density at radius 3 is 0.440 bits per heavy atom. The van der Waals surface area contributed by atoms with Gasteiger partial charge in [-0.2, -0.15) is 0 Å². The van der Waals surface area contributed by atoms with Crippen LogP contribution in [0.3, 0.4) is 0 Å². The van der Waals surface area contributed by atoms with Gasteiger partial charge in [-0.3, -0.25) is 0 Å². The van der Waals surface area contributed by atoms with Gasteiger partial charge in [0.15, 0.2) is 92.0 Å². The predicted octanol–water partition coefficient (Wildman–Crippen LogP) is 31.5. The maximum absolute atomic E-state index is 12.3. The van der Waals surface area contributed by atoms with Gasteiger partial charge in [0.05, 0.1) is 95.5 Å². The summed E-state index contributed by atoms with van der Waals surface area (Å²) < 4.78 is 101. The van der Waals surface area contributed by atoms with E-state index in [1.54, 1.807) is 54.8 Å². The van der Waals surface area contributed by atoms with Crippen molar-refractivity contribution < 1.29 is 76.5 Å². The molecule has 134 heavy (non-hydrogen) atoms. The Kier molecular flexibility index (Phi) is 30.3. The summed E-state index contributed by atoms with van der Waals surface area (Å²) in [5, 5.41) is 38.0. The van der Waals surface area contributed by atoms with Crippen molar-refractivity contribution in [3.8, 4) is 170 Å². The van der Waals surface area contributed by atoms with Gasteiger partial charge in [0.25, 0.3) is 0 Å². The van der Waals surface area contributed by atoms with Crippen LogP contribution in [0.4, 0.5) is 0 Å². The lowest BCUT2D eigenvalue weighted by Crippen LogP contribution is -2.09. The summed E-state index contributed by atoms with van der Waals surface area (Å²) in [6, 6.07) is 70.5. The van der Waals surface area contributed by atoms with Gasteiger partial charge in [-0.25, -0.2) is 0 Å². The molecule has 0 saturated heterocycles. The highest BCUT2D eigenvalue weighted by atomic mass is 16.5. The van der Waals surface area contributed by atoms with E-state index in [-0.39, 0.29) is 11.5 Å². The van der Waals surface area contributed by atoms with Crippen LogP contribution in [0.1, 0.15) is 158 Å². The van der Waals surface area contributed by atoms with Gasteiger partial charge < -0.3 is 76.5 Å². The third kappa shape index (κ3) is 17.4. The van der Waals surface area contributed by atoms with E-state index in [1.165, 1.54) is 0 Å². The summed E-state index contributed by atoms with van der Waals surface area (Å²) in [5.74, 6) is 6.49. The topological polar surface area (TPSA) is 170 Å². The lowest BCUT2D eigenvalue weighted by molar-refractivity contribution is 0.285. The van der Waals surface area contributed by atoms with Gasteiger partial charge in [-0.15, -0.1) is 0 Å². The Morgan fingerprint density at radius 1 is 0.164 bits per heavy atom. The van der Waals surface area contributed by atoms with E-state index >= 15 is 0 Å². The van der Waals surface area contributed by atoms with Crippen LogP contribution in [0.5, 0.6) is 92.0 Å². The first kappa shape index (κ1) is 93.6. The van der Waals surface area contributed by atoms with Gasteiger partial charge in [-0.1, -0.05) is 301 Å². The summed E-state index contributed by atoms with van der Waals surface area (Å²) in [7, 11) is 10.3. The third-order valence-corrected chi connectivity index (χ3v) is 25.6. The monoisotopic (exact) mass is 1800 g/mol. The molecule has 0 radical (unpaired) electrons. The Bertz CT molecular complexity index is 6530. The number of hydrogen-bond donors (Lipinski definition) is 2. The maximum atomic E-state index is 12.3. The Morgan fingerprint density at radius 2 is 0.291 bits per heavy atom. The lowest BCUT2D eigenvalue weighted by atomic mass is 9.81. The van der Waals surface area contributed by atoms with Crippen molar-refractivity contribution in [2.24, 2.45) is 0 Å². The van der Waals surface area contributed by atoms with Crippen LogP contribution in [0.15, 0.2) is 206 Å². The molecule has 694 valence electrons. The van der Waals surface area contributed by atoms with Crippen molar-refractivity contribution in [3.05, 3.63) is 206 Å². The van der Waals surface area contributed by atoms with Gasteiger partial charge in [0.1, 0.15) is 0 Å². The first-order valence-corrected chi connectivity index (χ1v) is 48.2. The molecule has 0 amide bonds. The number of fused-ring (bicyclic) bond motifs is 8. The van der Waals surface area contributed by atoms with Crippen LogP contribution < -0.4 is 66.3 Å². The highest BCUT2D eigenvalue weighted by Crippen LogP contribution is 2.67. The molecule has 0 unspecified atom stereocenters. The fraction of sp³-hybridized carbons (Fsp3) is 0.322. The van der Waals surface area contributed by atoms with E-state index in [0.29, 0.717) is 168 Å². The van der Waals surface area contributed by atoms with Crippen molar-refractivity contribution in [1.29, 1.82) is 0 Å². The molecule has 16 heteroatoms. The minimum Gasteiger partial charge on any atom is -0.504 e. The van der Waals surface area contributed by atoms with Crippen LogP contribution in [0.2, 0.25) is 0 Å². The van der Waals surface area contributed by atoms with Crippen LogP contribution in [0.25, 0.3) is 164 Å². The molecule has 0 bridgehead atoms. The Hall–Kier alpha value is -13.6. The minimum absolute atomic E-state index is 0.0276. The molecule has 0 atom stereocenters. The van der Waals surface area contributed by atoms with E-state index in [0.717, 1.165) is 232 Å². The molecule has 0 saturated carbocycles. The molecule has 0 aliphatic rings. The van der Waals surface area contributed by atoms with E-state index < -0.39 is 0 Å². The van der Waals surface area contributed by atoms with Crippen LogP contribution in [-0.2, 0) is 0 Å². The van der Waals surface area contributed by atoms with Crippen molar-refractivity contribution in [1.82, 2.24) is 0 Å². The molecule has 0 fully saturated rings. The first-order chi connectivity index (χ1) is 65.9. The average Bonchev–Trinajstić information content (AvgIpc) is 0.701. The highest BCUT2D eigenvalue weighted by Gasteiger charge is 2.40. The number of unbranched alkanes of at least 4 members (excludes halogenated alkanes) is 8. The molecule has 0 heterocycles. The minimum atomic E-state index is 0.0276. The highest BCUT2D eigenvalue weighted by molar-refractivity contribution is 6.28. The quantitative estimate of drug-likeness (QED) is 0.0345. The second kappa shape index (κ2) is 43.4. The third-order valence-electron chi connectivity index (χ3n) is 25.6. The number of phenols is 2. The fourth-order valence-electron chi connectivity index (χ4n) is 19.3. The molecular weight excluding hydrogens is 1670 g/mol. The average molecular weight is 1800 g/mol. The Balaban J connectivity index is 1.01. The molecule has 16 aromatic rings. The van der Waals surface area contributed by atoms with Crippen LogP contribution in [-0.4, -0.2) is 106 Å². The number of hydrogen-bond acceptors (Lipinski definition) is 16. The van der Waals surface area contributed by atoms with E-state index in [1.807, 2.05) is 36.4 Å². The standard InChI is InChI=1S/C118H126O16/c1-15-23-63-127-105-89(119)71-73-47-31-33-49-75(73)91(105)99-83-57-41-35-51-77(83)93(107(121-9)113(99)129-65-25-17-3)95-79-53-37-43-59-85(79)101(115(109(95)123-11)131-67-27-19-5)103-87-61-45-39-55-81(87)97(111(125-13)117(103)133-69-29-21-7)98-82-56-40-46-62-88(82)104(118(112(98)126-14)134-70-30-22-8)102-86-60-44-38-54-80(86)96(110(124-12)116(102)132-68-28-20-6)94-78-52-36-42-58-84(78)100(114(108(94)122-10)130-66-26-18-4)92-76-50-34-32-48-74(76)72-90(120)106(92)128-64-24-16-2/h31-62,71-72,119-120H,15-30,63-70H2,1-14H3. The zero-order valence-electron chi connectivity index (χ0n) is 80.2. The van der Waals surface area contributed by atoms with E-state index in [9.17, 15) is 10.2 Å². The second-order valence-corrected chi connectivity index (χ2v) is 34.2. The molecule has 2 N–H and O–H groups in total. The van der Waals surface area contributed by atoms with Crippen LogP contribution in [0, 0.1) is 0 Å². The smallest absolute Gasteiger partial charge is 0.170 e. The number of benzene rings is 16. The van der Waals surface area contributed by atoms with Crippen molar-refractivity contribution >= 4 is 86.2 Å². The second-order valence-electron chi connectivity index (χ2n) is 34.2. The number of methoxy groups -OCH3 is 6. The summed E-state index contributed by atoms with van der Waals surface area (Å²) in [6.07, 6.45) is 12.9. The molecule has 0 aliphatic heterocycles. The predicted molar refractivity (Wildman–Crippen MR) is 550 cm³/mol. The molecule has 16 rings (SSSR count).